The van der Waals surface area contributed by atoms with Crippen LogP contribution in [0.4, 0.5) is 0 Å². The lowest BCUT2D eigenvalue weighted by Gasteiger charge is -2.09. The van der Waals surface area contributed by atoms with E-state index in [0.29, 0.717) is 16.9 Å². The smallest absolute Gasteiger partial charge is 0.251 e. The first-order valence-corrected chi connectivity index (χ1v) is 6.92. The molecule has 0 bridgehead atoms. The Kier molecular flexibility index (Phi) is 4.15. The molecule has 1 saturated carbocycles. The maximum atomic E-state index is 12.2. The Balaban J connectivity index is 2.05. The molecule has 1 atom stereocenters. The van der Waals surface area contributed by atoms with E-state index < -0.39 is 0 Å². The van der Waals surface area contributed by atoms with Crippen molar-refractivity contribution in [1.29, 1.82) is 0 Å². The zero-order valence-corrected chi connectivity index (χ0v) is 12.3. The molecule has 0 aliphatic heterocycles. The Morgan fingerprint density at radius 1 is 1.50 bits per heavy atom. The van der Waals surface area contributed by atoms with Gasteiger partial charge in [-0.05, 0) is 42.4 Å². The molecule has 0 aromatic heterocycles. The third-order valence-corrected chi connectivity index (χ3v) is 4.02. The van der Waals surface area contributed by atoms with E-state index in [9.17, 15) is 4.79 Å². The van der Waals surface area contributed by atoms with Gasteiger partial charge in [-0.3, -0.25) is 4.79 Å². The van der Waals surface area contributed by atoms with Gasteiger partial charge in [0.05, 0.1) is 0 Å². The molecule has 0 heterocycles. The average molecular weight is 271 g/mol. The molecule has 1 unspecified atom stereocenters. The topological polar surface area (TPSA) is 49.3 Å². The maximum absolute atomic E-state index is 12.2. The van der Waals surface area contributed by atoms with Crippen molar-refractivity contribution < 1.29 is 9.90 Å². The van der Waals surface area contributed by atoms with Crippen LogP contribution in [0.15, 0.2) is 18.2 Å². The summed E-state index contributed by atoms with van der Waals surface area (Å²) in [5.74, 6) is 5.97. The van der Waals surface area contributed by atoms with Gasteiger partial charge in [0, 0.05) is 17.7 Å². The highest BCUT2D eigenvalue weighted by Gasteiger charge is 2.45. The number of carbonyl (C=O) groups excluding carboxylic acids is 1. The molecule has 2 rings (SSSR count). The maximum Gasteiger partial charge on any atom is 0.251 e. The number of hydrogen-bond donors (Lipinski definition) is 2. The van der Waals surface area contributed by atoms with E-state index in [1.165, 1.54) is 6.42 Å². The van der Waals surface area contributed by atoms with Crippen LogP contribution < -0.4 is 5.32 Å². The van der Waals surface area contributed by atoms with E-state index in [1.54, 1.807) is 6.07 Å². The third kappa shape index (κ3) is 3.40. The molecule has 0 saturated heterocycles. The number of hydrogen-bond acceptors (Lipinski definition) is 2. The summed E-state index contributed by atoms with van der Waals surface area (Å²) in [7, 11) is 0. The minimum Gasteiger partial charge on any atom is -0.384 e. The summed E-state index contributed by atoms with van der Waals surface area (Å²) >= 11 is 0. The van der Waals surface area contributed by atoms with Crippen molar-refractivity contribution in [2.45, 2.75) is 27.2 Å². The molecule has 0 radical (unpaired) electrons. The monoisotopic (exact) mass is 271 g/mol. The fourth-order valence-electron chi connectivity index (χ4n) is 2.32. The first-order chi connectivity index (χ1) is 9.44. The number of aliphatic hydroxyl groups excluding tert-OH is 1. The van der Waals surface area contributed by atoms with E-state index in [2.05, 4.69) is 31.0 Å². The lowest BCUT2D eigenvalue weighted by atomic mass is 10.0. The predicted molar refractivity (Wildman–Crippen MR) is 79.4 cm³/mol. The largest absolute Gasteiger partial charge is 0.384 e. The van der Waals surface area contributed by atoms with Gasteiger partial charge in [0.25, 0.3) is 5.91 Å². The van der Waals surface area contributed by atoms with Gasteiger partial charge >= 0.3 is 0 Å². The molecule has 2 N–H and O–H groups in total. The van der Waals surface area contributed by atoms with Gasteiger partial charge < -0.3 is 10.4 Å². The average Bonchev–Trinajstić information content (AvgIpc) is 3.02. The summed E-state index contributed by atoms with van der Waals surface area (Å²) in [6.07, 6.45) is 1.17. The lowest BCUT2D eigenvalue weighted by molar-refractivity contribution is 0.0950. The van der Waals surface area contributed by atoms with E-state index >= 15 is 0 Å². The number of amides is 1. The van der Waals surface area contributed by atoms with Crippen LogP contribution in [0, 0.1) is 30.1 Å². The zero-order valence-electron chi connectivity index (χ0n) is 12.3. The molecule has 1 aromatic rings. The Morgan fingerprint density at radius 2 is 2.20 bits per heavy atom. The molecule has 1 aliphatic carbocycles. The second-order valence-electron chi connectivity index (χ2n) is 6.09. The summed E-state index contributed by atoms with van der Waals surface area (Å²) in [6, 6.07) is 5.53. The first-order valence-electron chi connectivity index (χ1n) is 6.92. The molecular formula is C17H21NO2. The molecule has 1 aliphatic rings. The normalized spacial score (nSPS) is 18.9. The van der Waals surface area contributed by atoms with Gasteiger partial charge in [-0.15, -0.1) is 0 Å². The predicted octanol–water partition coefficient (Wildman–Crippen LogP) is 2.11. The van der Waals surface area contributed by atoms with E-state index in [4.69, 9.17) is 5.11 Å². The Bertz CT molecular complexity index is 578. The highest BCUT2D eigenvalue weighted by Crippen LogP contribution is 2.50. The molecule has 3 nitrogen and oxygen atoms in total. The van der Waals surface area contributed by atoms with E-state index in [1.807, 2.05) is 19.1 Å². The fraction of sp³-hybridized carbons (Fsp3) is 0.471. The van der Waals surface area contributed by atoms with Crippen molar-refractivity contribution in [1.82, 2.24) is 5.32 Å². The van der Waals surface area contributed by atoms with Crippen LogP contribution in [0.1, 0.15) is 41.8 Å². The molecule has 3 heteroatoms. The van der Waals surface area contributed by atoms with Crippen molar-refractivity contribution in [2.75, 3.05) is 13.2 Å². The van der Waals surface area contributed by atoms with Crippen LogP contribution >= 0.6 is 0 Å². The highest BCUT2D eigenvalue weighted by atomic mass is 16.2. The molecule has 20 heavy (non-hydrogen) atoms. The third-order valence-electron chi connectivity index (χ3n) is 4.02. The number of carbonyl (C=O) groups is 1. The highest BCUT2D eigenvalue weighted by molar-refractivity contribution is 5.96. The number of rotatable bonds is 3. The summed E-state index contributed by atoms with van der Waals surface area (Å²) in [5.41, 5.74) is 2.72. The summed E-state index contributed by atoms with van der Waals surface area (Å²) in [5, 5.41) is 11.7. The van der Waals surface area contributed by atoms with Gasteiger partial charge in [-0.1, -0.05) is 31.8 Å². The van der Waals surface area contributed by atoms with Crippen LogP contribution in [0.2, 0.25) is 0 Å². The van der Waals surface area contributed by atoms with Crippen molar-refractivity contribution in [3.63, 3.8) is 0 Å². The van der Waals surface area contributed by atoms with E-state index in [-0.39, 0.29) is 12.5 Å². The summed E-state index contributed by atoms with van der Waals surface area (Å²) in [4.78, 5) is 12.2. The van der Waals surface area contributed by atoms with Crippen LogP contribution in [0.5, 0.6) is 0 Å². The fourth-order valence-corrected chi connectivity index (χ4v) is 2.32. The Hall–Kier alpha value is -1.79. The van der Waals surface area contributed by atoms with Crippen molar-refractivity contribution in [3.8, 4) is 11.8 Å². The second kappa shape index (κ2) is 5.68. The molecule has 1 aromatic carbocycles. The Morgan fingerprint density at radius 3 is 2.80 bits per heavy atom. The van der Waals surface area contributed by atoms with Crippen molar-refractivity contribution in [2.24, 2.45) is 11.3 Å². The number of nitrogens with one attached hydrogen (secondary N) is 1. The zero-order chi connectivity index (χ0) is 14.8. The standard InChI is InChI=1S/C17H21NO2/c1-12-6-7-13(5-4-8-19)9-15(12)16(20)18-11-14-10-17(14,2)3/h6-7,9,14,19H,8,10-11H2,1-3H3,(H,18,20). The van der Waals surface area contributed by atoms with E-state index in [0.717, 1.165) is 17.7 Å². The van der Waals surface area contributed by atoms with Crippen LogP contribution in [-0.4, -0.2) is 24.2 Å². The van der Waals surface area contributed by atoms with Gasteiger partial charge in [0.2, 0.25) is 0 Å². The number of aryl methyl sites for hydroxylation is 1. The van der Waals surface area contributed by atoms with Crippen LogP contribution in [0.3, 0.4) is 0 Å². The van der Waals surface area contributed by atoms with Gasteiger partial charge in [-0.2, -0.15) is 0 Å². The van der Waals surface area contributed by atoms with Gasteiger partial charge in [-0.25, -0.2) is 0 Å². The molecule has 0 spiro atoms. The van der Waals surface area contributed by atoms with Crippen molar-refractivity contribution in [3.05, 3.63) is 34.9 Å². The Labute approximate surface area is 120 Å². The first kappa shape index (κ1) is 14.6. The number of benzene rings is 1. The van der Waals surface area contributed by atoms with Gasteiger partial charge in [0.1, 0.15) is 6.61 Å². The van der Waals surface area contributed by atoms with Gasteiger partial charge in [0.15, 0.2) is 0 Å². The summed E-state index contributed by atoms with van der Waals surface area (Å²) in [6.45, 7) is 6.92. The quantitative estimate of drug-likeness (QED) is 0.827. The minimum atomic E-state index is -0.174. The van der Waals surface area contributed by atoms with Crippen molar-refractivity contribution >= 4 is 5.91 Å². The summed E-state index contributed by atoms with van der Waals surface area (Å²) < 4.78 is 0. The molecule has 106 valence electrons. The lowest BCUT2D eigenvalue weighted by Crippen LogP contribution is -2.27. The molecule has 1 amide bonds. The minimum absolute atomic E-state index is 0.0437. The molecular weight excluding hydrogens is 250 g/mol. The molecule has 1 fully saturated rings. The van der Waals surface area contributed by atoms with Crippen LogP contribution in [-0.2, 0) is 0 Å². The van der Waals surface area contributed by atoms with Crippen LogP contribution in [0.25, 0.3) is 0 Å². The second-order valence-corrected chi connectivity index (χ2v) is 6.09. The SMILES string of the molecule is Cc1ccc(C#CCO)cc1C(=O)NCC1CC1(C)C. The number of aliphatic hydroxyl groups is 1.